The Labute approximate surface area is 190 Å². The normalized spacial score (nSPS) is 10.8. The largest absolute Gasteiger partial charge is 0.497 e. The summed E-state index contributed by atoms with van der Waals surface area (Å²) < 4.78 is 19.2. The number of methoxy groups -OCH3 is 1. The Morgan fingerprint density at radius 3 is 2.61 bits per heavy atom. The van der Waals surface area contributed by atoms with Crippen molar-refractivity contribution in [3.05, 3.63) is 77.9 Å². The van der Waals surface area contributed by atoms with Gasteiger partial charge in [0.05, 0.1) is 18.3 Å². The Morgan fingerprint density at radius 2 is 1.91 bits per heavy atom. The van der Waals surface area contributed by atoms with Crippen LogP contribution in [0.5, 0.6) is 5.75 Å². The van der Waals surface area contributed by atoms with Gasteiger partial charge < -0.3 is 14.7 Å². The number of aryl methyl sites for hydroxylation is 1. The number of fused-ring (bicyclic) bond motifs is 1. The van der Waals surface area contributed by atoms with Crippen molar-refractivity contribution in [3.63, 3.8) is 0 Å². The van der Waals surface area contributed by atoms with Crippen molar-refractivity contribution < 1.29 is 19.0 Å². The molecule has 4 aromatic rings. The summed E-state index contributed by atoms with van der Waals surface area (Å²) in [6.45, 7) is 2.54. The van der Waals surface area contributed by atoms with Crippen molar-refractivity contribution in [3.8, 4) is 16.9 Å². The molecule has 7 nitrogen and oxygen atoms in total. The van der Waals surface area contributed by atoms with Gasteiger partial charge in [0.1, 0.15) is 17.4 Å². The van der Waals surface area contributed by atoms with Crippen molar-refractivity contribution in [2.75, 3.05) is 24.4 Å². The fraction of sp³-hybridized carbons (Fsp3) is 0.160. The van der Waals surface area contributed by atoms with Gasteiger partial charge in [0.2, 0.25) is 0 Å². The molecule has 0 fully saturated rings. The van der Waals surface area contributed by atoms with Gasteiger partial charge in [-0.25, -0.2) is 14.2 Å². The molecule has 0 atom stereocenters. The number of anilines is 2. The number of carboxylic acid groups (broad SMARTS) is 1. The smallest absolute Gasteiger partial charge is 0.409 e. The van der Waals surface area contributed by atoms with E-state index in [1.54, 1.807) is 19.4 Å². The van der Waals surface area contributed by atoms with E-state index in [2.05, 4.69) is 10.3 Å². The minimum Gasteiger partial charge on any atom is -0.497 e. The summed E-state index contributed by atoms with van der Waals surface area (Å²) in [5, 5.41) is 11.8. The number of hydrogen-bond donors (Lipinski definition) is 2. The second-order valence-corrected chi connectivity index (χ2v) is 7.69. The zero-order valence-electron chi connectivity index (χ0n) is 18.5. The topological polar surface area (TPSA) is 87.6 Å². The SMILES string of the molecule is COc1ccc(CN(C)c2cc3nc(C)c(-c4ccc(F)c(NC(=O)O)c4)cc3cn2)cc1. The molecule has 2 aromatic heterocycles. The first kappa shape index (κ1) is 22.0. The zero-order valence-corrected chi connectivity index (χ0v) is 18.5. The Morgan fingerprint density at radius 1 is 1.15 bits per heavy atom. The van der Waals surface area contributed by atoms with Crippen molar-refractivity contribution in [2.45, 2.75) is 13.5 Å². The summed E-state index contributed by atoms with van der Waals surface area (Å²) in [7, 11) is 3.61. The lowest BCUT2D eigenvalue weighted by Gasteiger charge is -2.19. The van der Waals surface area contributed by atoms with Crippen molar-refractivity contribution in [2.24, 2.45) is 0 Å². The fourth-order valence-corrected chi connectivity index (χ4v) is 3.64. The lowest BCUT2D eigenvalue weighted by Crippen LogP contribution is -2.17. The molecule has 0 aliphatic carbocycles. The van der Waals surface area contributed by atoms with Gasteiger partial charge in [-0.05, 0) is 48.4 Å². The maximum absolute atomic E-state index is 14.0. The zero-order chi connectivity index (χ0) is 23.5. The number of nitrogens with one attached hydrogen (secondary N) is 1. The predicted molar refractivity (Wildman–Crippen MR) is 126 cm³/mol. The van der Waals surface area contributed by atoms with Crippen LogP contribution in [-0.2, 0) is 6.54 Å². The monoisotopic (exact) mass is 446 g/mol. The van der Waals surface area contributed by atoms with Gasteiger partial charge in [-0.1, -0.05) is 18.2 Å². The molecule has 0 aliphatic rings. The second-order valence-electron chi connectivity index (χ2n) is 7.69. The van der Waals surface area contributed by atoms with Crippen LogP contribution in [0.3, 0.4) is 0 Å². The highest BCUT2D eigenvalue weighted by atomic mass is 19.1. The van der Waals surface area contributed by atoms with E-state index < -0.39 is 11.9 Å². The molecule has 2 heterocycles. The predicted octanol–water partition coefficient (Wildman–Crippen LogP) is 5.48. The molecular formula is C25H23FN4O3. The summed E-state index contributed by atoms with van der Waals surface area (Å²) in [5.41, 5.74) is 3.99. The van der Waals surface area contributed by atoms with Crippen LogP contribution in [0, 0.1) is 12.7 Å². The first-order valence-electron chi connectivity index (χ1n) is 10.3. The molecule has 0 radical (unpaired) electrons. The van der Waals surface area contributed by atoms with Crippen molar-refractivity contribution >= 4 is 28.5 Å². The summed E-state index contributed by atoms with van der Waals surface area (Å²) >= 11 is 0. The highest BCUT2D eigenvalue weighted by Crippen LogP contribution is 2.30. The van der Waals surface area contributed by atoms with E-state index in [9.17, 15) is 9.18 Å². The van der Waals surface area contributed by atoms with E-state index in [4.69, 9.17) is 14.8 Å². The first-order valence-corrected chi connectivity index (χ1v) is 10.3. The Kier molecular flexibility index (Phi) is 6.08. The third-order valence-electron chi connectivity index (χ3n) is 5.36. The third-order valence-corrected chi connectivity index (χ3v) is 5.36. The van der Waals surface area contributed by atoms with Crippen molar-refractivity contribution in [1.29, 1.82) is 0 Å². The summed E-state index contributed by atoms with van der Waals surface area (Å²) in [5.74, 6) is 0.958. The molecule has 33 heavy (non-hydrogen) atoms. The van der Waals surface area contributed by atoms with Crippen LogP contribution >= 0.6 is 0 Å². The fourth-order valence-electron chi connectivity index (χ4n) is 3.64. The van der Waals surface area contributed by atoms with Crippen LogP contribution in [0.1, 0.15) is 11.3 Å². The number of halogens is 1. The van der Waals surface area contributed by atoms with Gasteiger partial charge in [-0.3, -0.25) is 10.3 Å². The van der Waals surface area contributed by atoms with Crippen LogP contribution in [0.25, 0.3) is 22.0 Å². The number of nitrogens with zero attached hydrogens (tertiary/aromatic N) is 3. The van der Waals surface area contributed by atoms with E-state index in [1.807, 2.05) is 55.3 Å². The number of ether oxygens (including phenoxy) is 1. The van der Waals surface area contributed by atoms with Gasteiger partial charge in [-0.15, -0.1) is 0 Å². The lowest BCUT2D eigenvalue weighted by atomic mass is 10.0. The molecule has 0 unspecified atom stereocenters. The molecule has 2 aromatic carbocycles. The standard InChI is InChI=1S/C25H23FN4O3/c1-15-20(17-6-9-21(26)23(11-17)29-25(31)32)10-18-13-27-24(12-22(18)28-15)30(2)14-16-4-7-19(33-3)8-5-16/h4-13,29H,14H2,1-3H3,(H,31,32). The number of rotatable bonds is 6. The maximum atomic E-state index is 14.0. The molecule has 4 rings (SSSR count). The molecule has 0 bridgehead atoms. The molecule has 1 amide bonds. The molecule has 0 saturated carbocycles. The van der Waals surface area contributed by atoms with E-state index in [-0.39, 0.29) is 5.69 Å². The minimum atomic E-state index is -1.32. The number of carbonyl (C=O) groups is 1. The Hall–Kier alpha value is -4.20. The number of amides is 1. The number of aromatic nitrogens is 2. The average Bonchev–Trinajstić information content (AvgIpc) is 2.80. The van der Waals surface area contributed by atoms with Gasteiger partial charge in [0.25, 0.3) is 0 Å². The van der Waals surface area contributed by atoms with E-state index in [0.717, 1.165) is 39.3 Å². The highest BCUT2D eigenvalue weighted by Gasteiger charge is 2.12. The molecule has 0 aliphatic heterocycles. The summed E-state index contributed by atoms with van der Waals surface area (Å²) in [6, 6.07) is 16.0. The first-order chi connectivity index (χ1) is 15.8. The summed E-state index contributed by atoms with van der Waals surface area (Å²) in [6.07, 6.45) is 0.431. The van der Waals surface area contributed by atoms with Gasteiger partial charge in [-0.2, -0.15) is 0 Å². The van der Waals surface area contributed by atoms with Gasteiger partial charge in [0.15, 0.2) is 0 Å². The molecular weight excluding hydrogens is 423 g/mol. The molecule has 168 valence electrons. The van der Waals surface area contributed by atoms with Crippen LogP contribution in [0.2, 0.25) is 0 Å². The Bertz CT molecular complexity index is 1330. The molecule has 8 heteroatoms. The highest BCUT2D eigenvalue weighted by molar-refractivity contribution is 5.88. The summed E-state index contributed by atoms with van der Waals surface area (Å²) in [4.78, 5) is 22.3. The van der Waals surface area contributed by atoms with E-state index in [0.29, 0.717) is 12.1 Å². The molecule has 0 saturated heterocycles. The average molecular weight is 446 g/mol. The van der Waals surface area contributed by atoms with Crippen LogP contribution < -0.4 is 15.0 Å². The maximum Gasteiger partial charge on any atom is 0.409 e. The number of benzene rings is 2. The number of pyridine rings is 2. The Balaban J connectivity index is 1.62. The van der Waals surface area contributed by atoms with Crippen LogP contribution in [-0.4, -0.2) is 35.3 Å². The number of hydrogen-bond acceptors (Lipinski definition) is 5. The van der Waals surface area contributed by atoms with Gasteiger partial charge >= 0.3 is 6.09 Å². The lowest BCUT2D eigenvalue weighted by molar-refractivity contribution is 0.209. The van der Waals surface area contributed by atoms with Gasteiger partial charge in [0, 0.05) is 42.5 Å². The second kappa shape index (κ2) is 9.12. The van der Waals surface area contributed by atoms with E-state index >= 15 is 0 Å². The molecule has 0 spiro atoms. The quantitative estimate of drug-likeness (QED) is 0.408. The van der Waals surface area contributed by atoms with Crippen molar-refractivity contribution in [1.82, 2.24) is 9.97 Å². The van der Waals surface area contributed by atoms with Crippen LogP contribution in [0.15, 0.2) is 60.8 Å². The van der Waals surface area contributed by atoms with Crippen LogP contribution in [0.4, 0.5) is 20.7 Å². The van der Waals surface area contributed by atoms with E-state index in [1.165, 1.54) is 12.1 Å². The minimum absolute atomic E-state index is 0.104. The molecule has 2 N–H and O–H groups in total. The third kappa shape index (κ3) is 4.85.